The number of aromatic nitrogens is 7. The molecular formula is C22H15F4N7O2. The third-order valence-electron chi connectivity index (χ3n) is 6.17. The molecule has 6 rings (SSSR count). The number of imidazole rings is 1. The molecule has 178 valence electrons. The van der Waals surface area contributed by atoms with Crippen LogP contribution in [0.25, 0.3) is 27.8 Å². The van der Waals surface area contributed by atoms with Gasteiger partial charge in [-0.3, -0.25) is 14.5 Å². The first-order valence-electron chi connectivity index (χ1n) is 10.6. The number of rotatable bonds is 4. The smallest absolute Gasteiger partial charge is 0.313 e. The van der Waals surface area contributed by atoms with E-state index >= 15 is 0 Å². The third kappa shape index (κ3) is 3.68. The molecular weight excluding hydrogens is 470 g/mol. The van der Waals surface area contributed by atoms with Crippen LogP contribution in [0.3, 0.4) is 0 Å². The standard InChI is InChI=1S/C22H15F4N7O2/c23-18-8-27-19-14(5-16(31-33(18)19)15-7-28-21(35)30-20(15)34)13-4-12(13)10-1-2-11-6-29-32(17(11)3-10)9-22(24,25)26/h1-3,5-8,12-13H,4,9H2,(H2,28,30,34,35)/t12-,13+/m1/s1. The van der Waals surface area contributed by atoms with E-state index in [-0.39, 0.29) is 28.7 Å². The van der Waals surface area contributed by atoms with Crippen LogP contribution >= 0.6 is 0 Å². The Bertz CT molecular complexity index is 1730. The molecule has 4 aromatic heterocycles. The highest BCUT2D eigenvalue weighted by atomic mass is 19.4. The van der Waals surface area contributed by atoms with Crippen LogP contribution in [0.4, 0.5) is 17.6 Å². The second kappa shape index (κ2) is 7.35. The van der Waals surface area contributed by atoms with Crippen molar-refractivity contribution < 1.29 is 17.6 Å². The van der Waals surface area contributed by atoms with Crippen molar-refractivity contribution >= 4 is 16.6 Å². The van der Waals surface area contributed by atoms with Crippen molar-refractivity contribution in [1.29, 1.82) is 0 Å². The molecule has 2 N–H and O–H groups in total. The maximum absolute atomic E-state index is 14.4. The number of H-pyrrole nitrogens is 2. The predicted molar refractivity (Wildman–Crippen MR) is 116 cm³/mol. The van der Waals surface area contributed by atoms with Crippen molar-refractivity contribution in [3.8, 4) is 11.3 Å². The fraction of sp³-hybridized carbons (Fsp3) is 0.227. The van der Waals surface area contributed by atoms with Gasteiger partial charge in [0.15, 0.2) is 5.65 Å². The molecule has 2 atom stereocenters. The molecule has 1 saturated carbocycles. The molecule has 1 aliphatic carbocycles. The fourth-order valence-corrected chi connectivity index (χ4v) is 4.49. The molecule has 1 aromatic carbocycles. The molecule has 0 amide bonds. The highest BCUT2D eigenvalue weighted by Crippen LogP contribution is 2.56. The van der Waals surface area contributed by atoms with Crippen LogP contribution in [-0.2, 0) is 6.54 Å². The van der Waals surface area contributed by atoms with Crippen molar-refractivity contribution in [2.45, 2.75) is 31.0 Å². The molecule has 5 aromatic rings. The first-order valence-corrected chi connectivity index (χ1v) is 10.6. The Labute approximate surface area is 192 Å². The van der Waals surface area contributed by atoms with E-state index in [9.17, 15) is 27.2 Å². The van der Waals surface area contributed by atoms with E-state index in [2.05, 4.69) is 25.1 Å². The normalized spacial score (nSPS) is 17.9. The van der Waals surface area contributed by atoms with Crippen molar-refractivity contribution in [3.63, 3.8) is 0 Å². The summed E-state index contributed by atoms with van der Waals surface area (Å²) in [5, 5.41) is 8.61. The molecule has 0 radical (unpaired) electrons. The molecule has 4 heterocycles. The summed E-state index contributed by atoms with van der Waals surface area (Å²) in [5.74, 6) is -0.903. The van der Waals surface area contributed by atoms with Gasteiger partial charge in [0.1, 0.15) is 6.54 Å². The number of alkyl halides is 3. The Morgan fingerprint density at radius 3 is 2.71 bits per heavy atom. The molecule has 0 saturated heterocycles. The van der Waals surface area contributed by atoms with Gasteiger partial charge in [0.25, 0.3) is 5.56 Å². The van der Waals surface area contributed by atoms with E-state index in [1.54, 1.807) is 18.2 Å². The molecule has 9 nitrogen and oxygen atoms in total. The van der Waals surface area contributed by atoms with Gasteiger partial charge in [0, 0.05) is 17.1 Å². The summed E-state index contributed by atoms with van der Waals surface area (Å²) in [4.78, 5) is 32.3. The lowest BCUT2D eigenvalue weighted by Crippen LogP contribution is -2.23. The average Bonchev–Trinajstić information content (AvgIpc) is 3.38. The summed E-state index contributed by atoms with van der Waals surface area (Å²) in [5.41, 5.74) is 0.941. The largest absolute Gasteiger partial charge is 0.408 e. The Morgan fingerprint density at radius 1 is 1.11 bits per heavy atom. The molecule has 35 heavy (non-hydrogen) atoms. The average molecular weight is 485 g/mol. The van der Waals surface area contributed by atoms with Gasteiger partial charge in [-0.2, -0.15) is 32.3 Å². The maximum Gasteiger partial charge on any atom is 0.408 e. The van der Waals surface area contributed by atoms with Crippen LogP contribution in [0.2, 0.25) is 0 Å². The molecule has 0 bridgehead atoms. The summed E-state index contributed by atoms with van der Waals surface area (Å²) in [7, 11) is 0. The Balaban J connectivity index is 1.41. The van der Waals surface area contributed by atoms with Crippen LogP contribution in [0.1, 0.15) is 29.4 Å². The lowest BCUT2D eigenvalue weighted by atomic mass is 10.0. The molecule has 0 unspecified atom stereocenters. The van der Waals surface area contributed by atoms with E-state index in [1.165, 1.54) is 12.4 Å². The Hall–Kier alpha value is -4.29. The zero-order valence-electron chi connectivity index (χ0n) is 17.7. The van der Waals surface area contributed by atoms with E-state index in [0.29, 0.717) is 22.9 Å². The maximum atomic E-state index is 14.4. The number of fused-ring (bicyclic) bond motifs is 2. The van der Waals surface area contributed by atoms with Crippen LogP contribution in [0, 0.1) is 5.95 Å². The van der Waals surface area contributed by atoms with Gasteiger partial charge in [-0.25, -0.2) is 9.78 Å². The zero-order valence-corrected chi connectivity index (χ0v) is 17.7. The highest BCUT2D eigenvalue weighted by Gasteiger charge is 2.42. The Kier molecular flexibility index (Phi) is 4.47. The number of hydrogen-bond donors (Lipinski definition) is 2. The number of benzene rings is 1. The second-order valence-electron chi connectivity index (χ2n) is 8.47. The molecule has 1 fully saturated rings. The number of halogens is 4. The van der Waals surface area contributed by atoms with Crippen molar-refractivity contribution in [2.24, 2.45) is 0 Å². The van der Waals surface area contributed by atoms with Gasteiger partial charge in [-0.15, -0.1) is 0 Å². The number of nitrogens with one attached hydrogen (secondary N) is 2. The van der Waals surface area contributed by atoms with Gasteiger partial charge in [0.2, 0.25) is 5.95 Å². The van der Waals surface area contributed by atoms with Gasteiger partial charge in [0.05, 0.1) is 29.2 Å². The van der Waals surface area contributed by atoms with Crippen molar-refractivity contribution in [3.05, 3.63) is 80.8 Å². The van der Waals surface area contributed by atoms with Crippen LogP contribution in [0.5, 0.6) is 0 Å². The van der Waals surface area contributed by atoms with Gasteiger partial charge in [-0.05, 0) is 36.0 Å². The third-order valence-corrected chi connectivity index (χ3v) is 6.17. The minimum atomic E-state index is -4.40. The monoisotopic (exact) mass is 485 g/mol. The summed E-state index contributed by atoms with van der Waals surface area (Å²) in [6.45, 7) is -1.19. The summed E-state index contributed by atoms with van der Waals surface area (Å²) < 4.78 is 55.1. The molecule has 0 aliphatic heterocycles. The minimum Gasteiger partial charge on any atom is -0.313 e. The highest BCUT2D eigenvalue weighted by molar-refractivity contribution is 5.80. The van der Waals surface area contributed by atoms with Gasteiger partial charge < -0.3 is 4.98 Å². The van der Waals surface area contributed by atoms with Gasteiger partial charge in [-0.1, -0.05) is 12.1 Å². The zero-order chi connectivity index (χ0) is 24.5. The van der Waals surface area contributed by atoms with Crippen LogP contribution in [0.15, 0.2) is 52.4 Å². The summed E-state index contributed by atoms with van der Waals surface area (Å²) in [6.07, 6.45) is -0.141. The topological polar surface area (TPSA) is 114 Å². The Morgan fingerprint density at radius 2 is 1.94 bits per heavy atom. The molecule has 13 heteroatoms. The van der Waals surface area contributed by atoms with E-state index in [4.69, 9.17) is 0 Å². The first kappa shape index (κ1) is 21.3. The minimum absolute atomic E-state index is 0.0514. The van der Waals surface area contributed by atoms with Gasteiger partial charge >= 0.3 is 11.9 Å². The summed E-state index contributed by atoms with van der Waals surface area (Å²) in [6, 6.07) is 6.88. The molecule has 0 spiro atoms. The lowest BCUT2D eigenvalue weighted by molar-refractivity contribution is -0.141. The van der Waals surface area contributed by atoms with E-state index < -0.39 is 29.9 Å². The van der Waals surface area contributed by atoms with Crippen molar-refractivity contribution in [1.82, 2.24) is 34.3 Å². The SMILES string of the molecule is O=c1[nH]cc(-c2cc([C@H]3C[C@@H]3c3ccc4cnn(CC(F)(F)F)c4c3)c3ncc(F)n3n2)c(=O)[nH]1. The number of aromatic amines is 2. The fourth-order valence-electron chi connectivity index (χ4n) is 4.49. The van der Waals surface area contributed by atoms with E-state index in [1.807, 2.05) is 6.07 Å². The van der Waals surface area contributed by atoms with Crippen molar-refractivity contribution in [2.75, 3.05) is 0 Å². The van der Waals surface area contributed by atoms with Crippen LogP contribution in [-0.4, -0.2) is 40.5 Å². The molecule has 1 aliphatic rings. The number of nitrogens with zero attached hydrogens (tertiary/aromatic N) is 5. The second-order valence-corrected chi connectivity index (χ2v) is 8.47. The lowest BCUT2D eigenvalue weighted by Gasteiger charge is -2.09. The van der Waals surface area contributed by atoms with Crippen LogP contribution < -0.4 is 11.2 Å². The number of hydrogen-bond acceptors (Lipinski definition) is 5. The first-order chi connectivity index (χ1) is 16.7. The summed E-state index contributed by atoms with van der Waals surface area (Å²) >= 11 is 0. The predicted octanol–water partition coefficient (Wildman–Crippen LogP) is 3.10. The van der Waals surface area contributed by atoms with E-state index in [0.717, 1.165) is 21.0 Å². The quantitative estimate of drug-likeness (QED) is 0.380.